The van der Waals surface area contributed by atoms with Gasteiger partial charge in [0.1, 0.15) is 0 Å². The molecule has 0 bridgehead atoms. The molecule has 3 N–H and O–H groups in total. The highest BCUT2D eigenvalue weighted by atomic mass is 15.2. The summed E-state index contributed by atoms with van der Waals surface area (Å²) in [5.41, 5.74) is 8.24. The topological polar surface area (TPSA) is 63.8 Å². The predicted molar refractivity (Wildman–Crippen MR) is 76.5 cm³/mol. The van der Waals surface area contributed by atoms with Gasteiger partial charge in [0.25, 0.3) is 0 Å². The molecule has 0 fully saturated rings. The fourth-order valence-electron chi connectivity index (χ4n) is 2.27. The first kappa shape index (κ1) is 13.6. The smallest absolute Gasteiger partial charge is 0.0729 e. The first-order valence-electron chi connectivity index (χ1n) is 6.51. The monoisotopic (exact) mass is 256 g/mol. The molecule has 0 amide bonds. The Labute approximate surface area is 114 Å². The molecule has 1 atom stereocenters. The van der Waals surface area contributed by atoms with Crippen LogP contribution in [0, 0.1) is 13.8 Å². The van der Waals surface area contributed by atoms with Crippen LogP contribution in [0.3, 0.4) is 0 Å². The van der Waals surface area contributed by atoms with Gasteiger partial charge < -0.3 is 0 Å². The standard InChI is InChI=1S/C15H20N4/c1-4-14-13(9-11(3)18-19-14)15(17-16)12-7-5-6-10(2)8-12/h5-9,15,17H,4,16H2,1-3H3. The van der Waals surface area contributed by atoms with Crippen LogP contribution >= 0.6 is 0 Å². The SMILES string of the molecule is CCc1nnc(C)cc1C(NN)c1cccc(C)c1. The Balaban J connectivity index is 2.50. The molecule has 0 radical (unpaired) electrons. The van der Waals surface area contributed by atoms with Crippen molar-refractivity contribution in [2.24, 2.45) is 5.84 Å². The zero-order valence-electron chi connectivity index (χ0n) is 11.6. The van der Waals surface area contributed by atoms with E-state index in [-0.39, 0.29) is 6.04 Å². The molecule has 1 aromatic heterocycles. The third-order valence-electron chi connectivity index (χ3n) is 3.21. The minimum atomic E-state index is -0.0518. The number of hydrogen-bond donors (Lipinski definition) is 2. The third kappa shape index (κ3) is 2.97. The van der Waals surface area contributed by atoms with Crippen molar-refractivity contribution in [2.75, 3.05) is 0 Å². The van der Waals surface area contributed by atoms with Gasteiger partial charge in [-0.05, 0) is 31.9 Å². The fraction of sp³-hybridized carbons (Fsp3) is 0.333. The van der Waals surface area contributed by atoms with E-state index in [9.17, 15) is 0 Å². The molecule has 2 rings (SSSR count). The van der Waals surface area contributed by atoms with Crippen molar-refractivity contribution in [3.63, 3.8) is 0 Å². The highest BCUT2D eigenvalue weighted by molar-refractivity contribution is 5.36. The van der Waals surface area contributed by atoms with Crippen molar-refractivity contribution in [2.45, 2.75) is 33.2 Å². The van der Waals surface area contributed by atoms with E-state index in [4.69, 9.17) is 5.84 Å². The van der Waals surface area contributed by atoms with Crippen LogP contribution in [-0.2, 0) is 6.42 Å². The Morgan fingerprint density at radius 2 is 2.00 bits per heavy atom. The van der Waals surface area contributed by atoms with Crippen molar-refractivity contribution in [3.05, 3.63) is 58.4 Å². The number of hydrogen-bond acceptors (Lipinski definition) is 4. The maximum atomic E-state index is 5.76. The van der Waals surface area contributed by atoms with E-state index in [1.807, 2.05) is 13.0 Å². The second kappa shape index (κ2) is 5.91. The number of aryl methyl sites for hydroxylation is 3. The molecule has 19 heavy (non-hydrogen) atoms. The van der Waals surface area contributed by atoms with Crippen molar-refractivity contribution >= 4 is 0 Å². The molecule has 4 heteroatoms. The summed E-state index contributed by atoms with van der Waals surface area (Å²) >= 11 is 0. The molecule has 0 aliphatic heterocycles. The van der Waals surface area contributed by atoms with Gasteiger partial charge in [-0.3, -0.25) is 5.84 Å². The Morgan fingerprint density at radius 3 is 2.63 bits per heavy atom. The summed E-state index contributed by atoms with van der Waals surface area (Å²) < 4.78 is 0. The van der Waals surface area contributed by atoms with Gasteiger partial charge in [0.15, 0.2) is 0 Å². The van der Waals surface area contributed by atoms with Gasteiger partial charge >= 0.3 is 0 Å². The molecule has 1 heterocycles. The van der Waals surface area contributed by atoms with Crippen LogP contribution in [-0.4, -0.2) is 10.2 Å². The van der Waals surface area contributed by atoms with Gasteiger partial charge in [0.05, 0.1) is 17.4 Å². The summed E-state index contributed by atoms with van der Waals surface area (Å²) in [6.45, 7) is 6.10. The predicted octanol–water partition coefficient (Wildman–Crippen LogP) is 2.21. The molecule has 1 unspecified atom stereocenters. The number of benzene rings is 1. The van der Waals surface area contributed by atoms with Crippen LogP contribution in [0.5, 0.6) is 0 Å². The first-order valence-corrected chi connectivity index (χ1v) is 6.51. The third-order valence-corrected chi connectivity index (χ3v) is 3.21. The van der Waals surface area contributed by atoms with E-state index in [0.717, 1.165) is 28.9 Å². The number of nitrogens with two attached hydrogens (primary N) is 1. The maximum absolute atomic E-state index is 5.76. The minimum absolute atomic E-state index is 0.0518. The lowest BCUT2D eigenvalue weighted by Crippen LogP contribution is -2.30. The number of rotatable bonds is 4. The van der Waals surface area contributed by atoms with Gasteiger partial charge in [-0.1, -0.05) is 36.8 Å². The van der Waals surface area contributed by atoms with Crippen LogP contribution in [0.2, 0.25) is 0 Å². The number of hydrazine groups is 1. The lowest BCUT2D eigenvalue weighted by atomic mass is 9.96. The average molecular weight is 256 g/mol. The maximum Gasteiger partial charge on any atom is 0.0729 e. The molecule has 0 aliphatic rings. The number of nitrogens with one attached hydrogen (secondary N) is 1. The number of aromatic nitrogens is 2. The molecule has 0 saturated carbocycles. The van der Waals surface area contributed by atoms with Gasteiger partial charge in [-0.25, -0.2) is 5.43 Å². The second-order valence-electron chi connectivity index (χ2n) is 4.76. The summed E-state index contributed by atoms with van der Waals surface area (Å²) in [7, 11) is 0. The fourth-order valence-corrected chi connectivity index (χ4v) is 2.27. The molecule has 100 valence electrons. The Kier molecular flexibility index (Phi) is 4.24. The lowest BCUT2D eigenvalue weighted by molar-refractivity contribution is 0.621. The zero-order chi connectivity index (χ0) is 13.8. The lowest BCUT2D eigenvalue weighted by Gasteiger charge is -2.19. The van der Waals surface area contributed by atoms with Crippen LogP contribution in [0.1, 0.15) is 41.0 Å². The second-order valence-corrected chi connectivity index (χ2v) is 4.76. The molecule has 0 spiro atoms. The summed E-state index contributed by atoms with van der Waals surface area (Å²) in [6, 6.07) is 10.3. The summed E-state index contributed by atoms with van der Waals surface area (Å²) in [6.07, 6.45) is 0.840. The van der Waals surface area contributed by atoms with Crippen LogP contribution < -0.4 is 11.3 Å². The normalized spacial score (nSPS) is 12.4. The van der Waals surface area contributed by atoms with E-state index in [1.165, 1.54) is 5.56 Å². The van der Waals surface area contributed by atoms with Crippen molar-refractivity contribution < 1.29 is 0 Å². The van der Waals surface area contributed by atoms with Gasteiger partial charge in [-0.2, -0.15) is 10.2 Å². The zero-order valence-corrected chi connectivity index (χ0v) is 11.6. The highest BCUT2D eigenvalue weighted by Crippen LogP contribution is 2.24. The Morgan fingerprint density at radius 1 is 1.21 bits per heavy atom. The van der Waals surface area contributed by atoms with Gasteiger partial charge in [-0.15, -0.1) is 0 Å². The van der Waals surface area contributed by atoms with Crippen LogP contribution in [0.15, 0.2) is 30.3 Å². The Hall–Kier alpha value is -1.78. The molecular formula is C15H20N4. The van der Waals surface area contributed by atoms with E-state index >= 15 is 0 Å². The Bertz CT molecular complexity index is 566. The van der Waals surface area contributed by atoms with E-state index < -0.39 is 0 Å². The summed E-state index contributed by atoms with van der Waals surface area (Å²) in [5, 5.41) is 8.39. The van der Waals surface area contributed by atoms with Crippen molar-refractivity contribution in [1.29, 1.82) is 0 Å². The number of nitrogens with zero attached hydrogens (tertiary/aromatic N) is 2. The van der Waals surface area contributed by atoms with Crippen LogP contribution in [0.4, 0.5) is 0 Å². The van der Waals surface area contributed by atoms with Gasteiger partial charge in [0.2, 0.25) is 0 Å². The van der Waals surface area contributed by atoms with Crippen LogP contribution in [0.25, 0.3) is 0 Å². The molecule has 4 nitrogen and oxygen atoms in total. The molecule has 0 aliphatic carbocycles. The minimum Gasteiger partial charge on any atom is -0.271 e. The first-order chi connectivity index (χ1) is 9.15. The summed E-state index contributed by atoms with van der Waals surface area (Å²) in [4.78, 5) is 0. The highest BCUT2D eigenvalue weighted by Gasteiger charge is 2.17. The molecule has 1 aromatic carbocycles. The average Bonchev–Trinajstić information content (AvgIpc) is 2.40. The van der Waals surface area contributed by atoms with E-state index in [2.05, 4.69) is 53.7 Å². The largest absolute Gasteiger partial charge is 0.271 e. The van der Waals surface area contributed by atoms with E-state index in [1.54, 1.807) is 0 Å². The molecular weight excluding hydrogens is 236 g/mol. The summed E-state index contributed by atoms with van der Waals surface area (Å²) in [5.74, 6) is 5.76. The van der Waals surface area contributed by atoms with Gasteiger partial charge in [0, 0.05) is 5.56 Å². The van der Waals surface area contributed by atoms with Crippen molar-refractivity contribution in [3.8, 4) is 0 Å². The quantitative estimate of drug-likeness (QED) is 0.650. The van der Waals surface area contributed by atoms with Crippen molar-refractivity contribution in [1.82, 2.24) is 15.6 Å². The molecule has 0 saturated heterocycles. The van der Waals surface area contributed by atoms with E-state index in [0.29, 0.717) is 0 Å². The molecule has 2 aromatic rings.